The molecule has 4 rings (SSSR count). The van der Waals surface area contributed by atoms with Gasteiger partial charge in [-0.1, -0.05) is 0 Å². The SMILES string of the molecule is Cc1cc(-c2c[nH]c3ncc(-c4cnc(N)c(S(=O)(=O)N(C)C)c4)cc23)ccn1. The number of nitrogens with two attached hydrogens (primary N) is 1. The number of hydrogen-bond acceptors (Lipinski definition) is 6. The highest BCUT2D eigenvalue weighted by Crippen LogP contribution is 2.32. The van der Waals surface area contributed by atoms with E-state index in [0.717, 1.165) is 37.7 Å². The first kappa shape index (κ1) is 19.0. The van der Waals surface area contributed by atoms with Gasteiger partial charge in [0.05, 0.1) is 0 Å². The van der Waals surface area contributed by atoms with Crippen molar-refractivity contribution in [3.63, 3.8) is 0 Å². The molecule has 8 nitrogen and oxygen atoms in total. The van der Waals surface area contributed by atoms with Crippen molar-refractivity contribution in [1.29, 1.82) is 0 Å². The maximum atomic E-state index is 12.6. The van der Waals surface area contributed by atoms with Crippen molar-refractivity contribution in [1.82, 2.24) is 24.2 Å². The second kappa shape index (κ2) is 6.94. The third-order valence-electron chi connectivity index (χ3n) is 4.71. The van der Waals surface area contributed by atoms with Crippen molar-refractivity contribution in [2.45, 2.75) is 11.8 Å². The molecule has 3 N–H and O–H groups in total. The van der Waals surface area contributed by atoms with Gasteiger partial charge in [0.25, 0.3) is 0 Å². The lowest BCUT2D eigenvalue weighted by atomic mass is 10.0. The molecule has 4 aromatic heterocycles. The van der Waals surface area contributed by atoms with Crippen LogP contribution in [0.4, 0.5) is 5.82 Å². The topological polar surface area (TPSA) is 118 Å². The Morgan fingerprint density at radius 3 is 2.45 bits per heavy atom. The van der Waals surface area contributed by atoms with Crippen LogP contribution in [0.3, 0.4) is 0 Å². The molecule has 9 heteroatoms. The Morgan fingerprint density at radius 1 is 1.00 bits per heavy atom. The summed E-state index contributed by atoms with van der Waals surface area (Å²) in [6, 6.07) is 7.43. The van der Waals surface area contributed by atoms with Gasteiger partial charge in [-0.2, -0.15) is 0 Å². The van der Waals surface area contributed by atoms with Gasteiger partial charge in [0.2, 0.25) is 10.0 Å². The first-order valence-electron chi connectivity index (χ1n) is 8.86. The second-order valence-electron chi connectivity index (χ2n) is 6.90. The molecule has 148 valence electrons. The zero-order chi connectivity index (χ0) is 20.8. The third-order valence-corrected chi connectivity index (χ3v) is 6.56. The lowest BCUT2D eigenvalue weighted by molar-refractivity contribution is 0.521. The molecule has 0 aromatic carbocycles. The van der Waals surface area contributed by atoms with Gasteiger partial charge >= 0.3 is 0 Å². The minimum absolute atomic E-state index is 0.0286. The van der Waals surface area contributed by atoms with E-state index in [4.69, 9.17) is 5.73 Å². The Labute approximate surface area is 168 Å². The number of sulfonamides is 1. The molecule has 29 heavy (non-hydrogen) atoms. The number of nitrogens with one attached hydrogen (secondary N) is 1. The summed E-state index contributed by atoms with van der Waals surface area (Å²) in [6.45, 7) is 1.94. The Balaban J connectivity index is 1.87. The van der Waals surface area contributed by atoms with Crippen molar-refractivity contribution in [2.24, 2.45) is 0 Å². The summed E-state index contributed by atoms with van der Waals surface area (Å²) in [5.41, 5.74) is 10.9. The first-order valence-corrected chi connectivity index (χ1v) is 10.3. The molecule has 0 saturated carbocycles. The van der Waals surface area contributed by atoms with E-state index < -0.39 is 10.0 Å². The molecule has 0 atom stereocenters. The molecule has 0 spiro atoms. The molecule has 0 saturated heterocycles. The van der Waals surface area contributed by atoms with Crippen LogP contribution in [-0.2, 0) is 10.0 Å². The Morgan fingerprint density at radius 2 is 1.72 bits per heavy atom. The number of nitrogens with zero attached hydrogens (tertiary/aromatic N) is 4. The van der Waals surface area contributed by atoms with Crippen LogP contribution in [-0.4, -0.2) is 46.8 Å². The maximum absolute atomic E-state index is 12.6. The number of aromatic nitrogens is 4. The quantitative estimate of drug-likeness (QED) is 0.536. The summed E-state index contributed by atoms with van der Waals surface area (Å²) in [4.78, 5) is 16.0. The number of pyridine rings is 3. The smallest absolute Gasteiger partial charge is 0.246 e. The minimum Gasteiger partial charge on any atom is -0.383 e. The van der Waals surface area contributed by atoms with Gasteiger partial charge < -0.3 is 10.7 Å². The predicted molar refractivity (Wildman–Crippen MR) is 113 cm³/mol. The average Bonchev–Trinajstić information content (AvgIpc) is 3.11. The van der Waals surface area contributed by atoms with Gasteiger partial charge in [-0.3, -0.25) is 4.98 Å². The van der Waals surface area contributed by atoms with Crippen LogP contribution in [0.15, 0.2) is 53.9 Å². The normalized spacial score (nSPS) is 12.0. The third kappa shape index (κ3) is 3.34. The molecule has 0 aliphatic heterocycles. The number of nitrogen functional groups attached to an aromatic ring is 1. The molecule has 0 amide bonds. The molecule has 0 aliphatic carbocycles. The fraction of sp³-hybridized carbons (Fsp3) is 0.150. The van der Waals surface area contributed by atoms with Crippen molar-refractivity contribution in [3.8, 4) is 22.3 Å². The van der Waals surface area contributed by atoms with Crippen LogP contribution >= 0.6 is 0 Å². The van der Waals surface area contributed by atoms with Gasteiger partial charge in [-0.25, -0.2) is 22.7 Å². The Kier molecular flexibility index (Phi) is 4.56. The molecule has 0 fully saturated rings. The summed E-state index contributed by atoms with van der Waals surface area (Å²) in [6.07, 6.45) is 6.90. The zero-order valence-electron chi connectivity index (χ0n) is 16.2. The van der Waals surface area contributed by atoms with Crippen molar-refractivity contribution in [2.75, 3.05) is 19.8 Å². The first-order chi connectivity index (χ1) is 13.8. The van der Waals surface area contributed by atoms with E-state index in [2.05, 4.69) is 19.9 Å². The van der Waals surface area contributed by atoms with E-state index in [1.54, 1.807) is 18.6 Å². The van der Waals surface area contributed by atoms with Crippen molar-refractivity contribution in [3.05, 3.63) is 54.7 Å². The minimum atomic E-state index is -3.71. The number of anilines is 1. The maximum Gasteiger partial charge on any atom is 0.246 e. The van der Waals surface area contributed by atoms with Gasteiger partial charge in [-0.05, 0) is 36.8 Å². The predicted octanol–water partition coefficient (Wildman–Crippen LogP) is 2.83. The average molecular weight is 408 g/mol. The summed E-state index contributed by atoms with van der Waals surface area (Å²) in [5.74, 6) is -0.0360. The number of aryl methyl sites for hydroxylation is 1. The number of H-pyrrole nitrogens is 1. The van der Waals surface area contributed by atoms with Crippen LogP contribution in [0.1, 0.15) is 5.69 Å². The van der Waals surface area contributed by atoms with Gasteiger partial charge in [0.1, 0.15) is 16.4 Å². The Bertz CT molecular complexity index is 1330. The molecule has 0 aliphatic rings. The number of hydrogen-bond donors (Lipinski definition) is 2. The lowest BCUT2D eigenvalue weighted by Gasteiger charge is -2.14. The highest BCUT2D eigenvalue weighted by Gasteiger charge is 2.22. The fourth-order valence-corrected chi connectivity index (χ4v) is 4.12. The summed E-state index contributed by atoms with van der Waals surface area (Å²) in [5, 5.41) is 0.918. The number of rotatable bonds is 4. The van der Waals surface area contributed by atoms with Crippen LogP contribution in [0.25, 0.3) is 33.3 Å². The molecule has 0 bridgehead atoms. The lowest BCUT2D eigenvalue weighted by Crippen LogP contribution is -2.23. The standard InChI is InChI=1S/C20H20N6O2S/c1-12-6-13(4-5-22-12)17-11-25-20-16(17)7-14(10-24-20)15-8-18(19(21)23-9-15)29(27,28)26(2)3/h4-11H,1-3H3,(H2,21,23)(H,24,25). The fourth-order valence-electron chi connectivity index (χ4n) is 3.13. The van der Waals surface area contributed by atoms with Crippen LogP contribution in [0.5, 0.6) is 0 Å². The second-order valence-corrected chi connectivity index (χ2v) is 9.02. The van der Waals surface area contributed by atoms with Gasteiger partial charge in [0, 0.05) is 66.7 Å². The Hall–Kier alpha value is -3.30. The van der Waals surface area contributed by atoms with Gasteiger partial charge in [-0.15, -0.1) is 0 Å². The highest BCUT2D eigenvalue weighted by atomic mass is 32.2. The van der Waals surface area contributed by atoms with E-state index in [-0.39, 0.29) is 10.7 Å². The highest BCUT2D eigenvalue weighted by molar-refractivity contribution is 7.89. The monoisotopic (exact) mass is 408 g/mol. The zero-order valence-corrected chi connectivity index (χ0v) is 17.0. The van der Waals surface area contributed by atoms with E-state index in [0.29, 0.717) is 5.56 Å². The summed E-state index contributed by atoms with van der Waals surface area (Å²) < 4.78 is 26.2. The molecule has 0 radical (unpaired) electrons. The van der Waals surface area contributed by atoms with Crippen molar-refractivity contribution < 1.29 is 8.42 Å². The van der Waals surface area contributed by atoms with Gasteiger partial charge in [0.15, 0.2) is 0 Å². The number of fused-ring (bicyclic) bond motifs is 1. The van der Waals surface area contributed by atoms with E-state index in [9.17, 15) is 8.42 Å². The van der Waals surface area contributed by atoms with E-state index >= 15 is 0 Å². The number of aromatic amines is 1. The molecular formula is C20H20N6O2S. The molecule has 4 aromatic rings. The molecule has 4 heterocycles. The summed E-state index contributed by atoms with van der Waals surface area (Å²) >= 11 is 0. The van der Waals surface area contributed by atoms with Crippen LogP contribution in [0, 0.1) is 6.92 Å². The van der Waals surface area contributed by atoms with E-state index in [1.165, 1.54) is 20.2 Å². The largest absolute Gasteiger partial charge is 0.383 e. The van der Waals surface area contributed by atoms with Crippen molar-refractivity contribution >= 4 is 26.9 Å². The van der Waals surface area contributed by atoms with Crippen LogP contribution in [0.2, 0.25) is 0 Å². The molecule has 0 unspecified atom stereocenters. The molecular weight excluding hydrogens is 388 g/mol. The van der Waals surface area contributed by atoms with Crippen LogP contribution < -0.4 is 5.73 Å². The summed E-state index contributed by atoms with van der Waals surface area (Å²) in [7, 11) is -0.801. The van der Waals surface area contributed by atoms with E-state index in [1.807, 2.05) is 31.3 Å².